The van der Waals surface area contributed by atoms with Gasteiger partial charge in [-0.3, -0.25) is 9.59 Å². The summed E-state index contributed by atoms with van der Waals surface area (Å²) in [7, 11) is 0. The number of halogens is 1. The molecular weight excluding hydrogens is 340 g/mol. The molecule has 0 spiro atoms. The summed E-state index contributed by atoms with van der Waals surface area (Å²) in [5, 5.41) is 2.78. The molecule has 1 aromatic carbocycles. The molecule has 0 saturated carbocycles. The second-order valence-corrected chi connectivity index (χ2v) is 6.08. The van der Waals surface area contributed by atoms with E-state index in [1.54, 1.807) is 18.2 Å². The number of thiol groups is 1. The summed E-state index contributed by atoms with van der Waals surface area (Å²) in [4.78, 5) is 26.4. The molecule has 4 nitrogen and oxygen atoms in total. The Balaban J connectivity index is 2.86. The van der Waals surface area contributed by atoms with Crippen LogP contribution in [-0.4, -0.2) is 35.8 Å². The molecule has 0 unspecified atom stereocenters. The van der Waals surface area contributed by atoms with Crippen molar-refractivity contribution in [2.45, 2.75) is 31.7 Å². The van der Waals surface area contributed by atoms with Gasteiger partial charge in [0.25, 0.3) is 5.91 Å². The number of carbonyl (C=O) groups is 2. The Morgan fingerprint density at radius 1 is 1.40 bits per heavy atom. The minimum atomic E-state index is -0.186. The van der Waals surface area contributed by atoms with E-state index in [-0.39, 0.29) is 24.4 Å². The summed E-state index contributed by atoms with van der Waals surface area (Å²) >= 11 is 7.59. The first-order chi connectivity index (χ1) is 9.35. The third kappa shape index (κ3) is 4.83. The quantitative estimate of drug-likeness (QED) is 0.795. The van der Waals surface area contributed by atoms with Crippen LogP contribution in [0.3, 0.4) is 0 Å². The van der Waals surface area contributed by atoms with Gasteiger partial charge in [-0.05, 0) is 54.9 Å². The SMILES string of the molecule is CCN(CC(=O)NC(C)C)C(=O)c1cc(S)ccc1Br. The summed E-state index contributed by atoms with van der Waals surface area (Å²) in [5.74, 6) is -0.345. The highest BCUT2D eigenvalue weighted by molar-refractivity contribution is 9.10. The van der Waals surface area contributed by atoms with Crippen LogP contribution in [0.2, 0.25) is 0 Å². The molecule has 110 valence electrons. The molecule has 0 aliphatic heterocycles. The maximum Gasteiger partial charge on any atom is 0.255 e. The van der Waals surface area contributed by atoms with E-state index >= 15 is 0 Å². The normalized spacial score (nSPS) is 10.5. The average Bonchev–Trinajstić information content (AvgIpc) is 2.37. The highest BCUT2D eigenvalue weighted by Gasteiger charge is 2.19. The Morgan fingerprint density at radius 3 is 2.60 bits per heavy atom. The summed E-state index contributed by atoms with van der Waals surface area (Å²) < 4.78 is 0.697. The third-order valence-corrected chi connectivity index (χ3v) is 3.60. The standard InChI is InChI=1S/C14H19BrN2O2S/c1-4-17(8-13(18)16-9(2)3)14(19)11-7-10(20)5-6-12(11)15/h5-7,9,20H,4,8H2,1-3H3,(H,16,18). The van der Waals surface area contributed by atoms with Crippen LogP contribution >= 0.6 is 28.6 Å². The molecule has 2 amide bonds. The van der Waals surface area contributed by atoms with Crippen molar-refractivity contribution in [3.63, 3.8) is 0 Å². The molecule has 0 aliphatic carbocycles. The number of benzene rings is 1. The molecule has 0 heterocycles. The van der Waals surface area contributed by atoms with Crippen LogP contribution in [0.15, 0.2) is 27.6 Å². The summed E-state index contributed by atoms with van der Waals surface area (Å²) in [6.45, 7) is 6.14. The smallest absolute Gasteiger partial charge is 0.255 e. The van der Waals surface area contributed by atoms with Gasteiger partial charge in [0.1, 0.15) is 0 Å². The van der Waals surface area contributed by atoms with Gasteiger partial charge in [-0.2, -0.15) is 0 Å². The lowest BCUT2D eigenvalue weighted by molar-refractivity contribution is -0.122. The number of nitrogens with zero attached hydrogens (tertiary/aromatic N) is 1. The summed E-state index contributed by atoms with van der Waals surface area (Å²) in [5.41, 5.74) is 0.511. The molecule has 0 fully saturated rings. The molecule has 0 saturated heterocycles. The second kappa shape index (κ2) is 7.69. The van der Waals surface area contributed by atoms with Gasteiger partial charge < -0.3 is 10.2 Å². The number of hydrogen-bond acceptors (Lipinski definition) is 3. The van der Waals surface area contributed by atoms with Gasteiger partial charge in [0, 0.05) is 22.0 Å². The van der Waals surface area contributed by atoms with Crippen LogP contribution in [0, 0.1) is 0 Å². The van der Waals surface area contributed by atoms with E-state index in [1.165, 1.54) is 4.90 Å². The van der Waals surface area contributed by atoms with Gasteiger partial charge in [0.2, 0.25) is 5.91 Å². The highest BCUT2D eigenvalue weighted by atomic mass is 79.9. The second-order valence-electron chi connectivity index (χ2n) is 4.71. The molecular formula is C14H19BrN2O2S. The molecule has 0 aromatic heterocycles. The van der Waals surface area contributed by atoms with E-state index in [1.807, 2.05) is 20.8 Å². The zero-order chi connectivity index (χ0) is 15.3. The van der Waals surface area contributed by atoms with Crippen molar-refractivity contribution < 1.29 is 9.59 Å². The fraction of sp³-hybridized carbons (Fsp3) is 0.429. The first-order valence-corrected chi connectivity index (χ1v) is 7.66. The van der Waals surface area contributed by atoms with Crippen molar-refractivity contribution in [2.75, 3.05) is 13.1 Å². The number of carbonyl (C=O) groups excluding carboxylic acids is 2. The van der Waals surface area contributed by atoms with Crippen molar-refractivity contribution in [2.24, 2.45) is 0 Å². The van der Waals surface area contributed by atoms with Crippen LogP contribution in [0.4, 0.5) is 0 Å². The molecule has 1 aromatic rings. The fourth-order valence-electron chi connectivity index (χ4n) is 1.72. The Morgan fingerprint density at radius 2 is 2.05 bits per heavy atom. The minimum absolute atomic E-state index is 0.0523. The van der Waals surface area contributed by atoms with Crippen LogP contribution in [-0.2, 0) is 4.79 Å². The van der Waals surface area contributed by atoms with Gasteiger partial charge in [-0.15, -0.1) is 12.6 Å². The monoisotopic (exact) mass is 358 g/mol. The molecule has 0 atom stereocenters. The lowest BCUT2D eigenvalue weighted by Crippen LogP contribution is -2.42. The van der Waals surface area contributed by atoms with Crippen LogP contribution < -0.4 is 5.32 Å². The number of likely N-dealkylation sites (N-methyl/N-ethyl adjacent to an activating group) is 1. The van der Waals surface area contributed by atoms with E-state index in [0.29, 0.717) is 21.5 Å². The molecule has 1 rings (SSSR count). The highest BCUT2D eigenvalue weighted by Crippen LogP contribution is 2.21. The lowest BCUT2D eigenvalue weighted by atomic mass is 10.2. The number of hydrogen-bond donors (Lipinski definition) is 2. The first-order valence-electron chi connectivity index (χ1n) is 6.42. The van der Waals surface area contributed by atoms with Crippen molar-refractivity contribution in [1.29, 1.82) is 0 Å². The van der Waals surface area contributed by atoms with E-state index in [0.717, 1.165) is 0 Å². The third-order valence-electron chi connectivity index (χ3n) is 2.63. The van der Waals surface area contributed by atoms with Crippen LogP contribution in [0.25, 0.3) is 0 Å². The van der Waals surface area contributed by atoms with Crippen molar-refractivity contribution in [1.82, 2.24) is 10.2 Å². The van der Waals surface area contributed by atoms with Gasteiger partial charge >= 0.3 is 0 Å². The van der Waals surface area contributed by atoms with Gasteiger partial charge in [0.05, 0.1) is 12.1 Å². The zero-order valence-corrected chi connectivity index (χ0v) is 14.3. The first kappa shape index (κ1) is 17.0. The van der Waals surface area contributed by atoms with E-state index in [4.69, 9.17) is 0 Å². The topological polar surface area (TPSA) is 49.4 Å². The zero-order valence-electron chi connectivity index (χ0n) is 11.8. The number of rotatable bonds is 5. The number of amides is 2. The lowest BCUT2D eigenvalue weighted by Gasteiger charge is -2.22. The van der Waals surface area contributed by atoms with Crippen molar-refractivity contribution in [3.8, 4) is 0 Å². The average molecular weight is 359 g/mol. The van der Waals surface area contributed by atoms with Gasteiger partial charge in [-0.1, -0.05) is 0 Å². The van der Waals surface area contributed by atoms with Gasteiger partial charge in [-0.25, -0.2) is 0 Å². The maximum absolute atomic E-state index is 12.5. The van der Waals surface area contributed by atoms with E-state index in [2.05, 4.69) is 33.9 Å². The largest absolute Gasteiger partial charge is 0.352 e. The minimum Gasteiger partial charge on any atom is -0.352 e. The summed E-state index contributed by atoms with van der Waals surface area (Å²) in [6.07, 6.45) is 0. The van der Waals surface area contributed by atoms with Crippen molar-refractivity contribution in [3.05, 3.63) is 28.2 Å². The van der Waals surface area contributed by atoms with E-state index < -0.39 is 0 Å². The Hall–Kier alpha value is -1.01. The van der Waals surface area contributed by atoms with E-state index in [9.17, 15) is 9.59 Å². The molecule has 1 N–H and O–H groups in total. The maximum atomic E-state index is 12.5. The number of nitrogens with one attached hydrogen (secondary N) is 1. The Kier molecular flexibility index (Phi) is 6.55. The Labute approximate surface area is 133 Å². The molecule has 0 aliphatic rings. The van der Waals surface area contributed by atoms with Crippen LogP contribution in [0.1, 0.15) is 31.1 Å². The predicted molar refractivity (Wildman–Crippen MR) is 86.3 cm³/mol. The molecule has 0 bridgehead atoms. The predicted octanol–water partition coefficient (Wildman–Crippen LogP) is 2.72. The summed E-state index contributed by atoms with van der Waals surface area (Å²) in [6, 6.07) is 5.32. The fourth-order valence-corrected chi connectivity index (χ4v) is 2.34. The van der Waals surface area contributed by atoms with Crippen LogP contribution in [0.5, 0.6) is 0 Å². The molecule has 6 heteroatoms. The van der Waals surface area contributed by atoms with Crippen molar-refractivity contribution >= 4 is 40.4 Å². The Bertz CT molecular complexity index is 506. The van der Waals surface area contributed by atoms with Gasteiger partial charge in [0.15, 0.2) is 0 Å². The molecule has 0 radical (unpaired) electrons. The molecule has 20 heavy (non-hydrogen) atoms.